The van der Waals surface area contributed by atoms with Gasteiger partial charge in [-0.3, -0.25) is 0 Å². The lowest BCUT2D eigenvalue weighted by molar-refractivity contribution is 0.143. The Morgan fingerprint density at radius 1 is 1.53 bits per heavy atom. The summed E-state index contributed by atoms with van der Waals surface area (Å²) in [5, 5.41) is 12.6. The summed E-state index contributed by atoms with van der Waals surface area (Å²) in [7, 11) is 0. The van der Waals surface area contributed by atoms with E-state index >= 15 is 0 Å². The number of anilines is 2. The minimum absolute atomic E-state index is 0.128. The Morgan fingerprint density at radius 2 is 2.29 bits per heavy atom. The zero-order valence-corrected chi connectivity index (χ0v) is 10.1. The van der Waals surface area contributed by atoms with Crippen molar-refractivity contribution in [2.75, 3.05) is 24.3 Å². The molecule has 1 aromatic heterocycles. The standard InChI is InChI=1S/C12H19N3O2/c1-2-17-11-9(13)4-5-10(14-11)15-12(8-16)6-3-7-12/h4-5,16H,2-3,6-8,13H2,1H3,(H,14,15). The molecule has 1 fully saturated rings. The number of pyridine rings is 1. The van der Waals surface area contributed by atoms with Gasteiger partial charge in [0.2, 0.25) is 5.88 Å². The molecule has 1 saturated carbocycles. The number of nitrogen functional groups attached to an aromatic ring is 1. The zero-order chi connectivity index (χ0) is 12.3. The first-order chi connectivity index (χ1) is 8.19. The minimum atomic E-state index is -0.202. The predicted octanol–water partition coefficient (Wildman–Crippen LogP) is 1.39. The van der Waals surface area contributed by atoms with Crippen LogP contribution in [0.25, 0.3) is 0 Å². The largest absolute Gasteiger partial charge is 0.476 e. The smallest absolute Gasteiger partial charge is 0.239 e. The van der Waals surface area contributed by atoms with Gasteiger partial charge in [-0.2, -0.15) is 4.98 Å². The molecule has 0 saturated heterocycles. The molecule has 0 atom stereocenters. The summed E-state index contributed by atoms with van der Waals surface area (Å²) >= 11 is 0. The van der Waals surface area contributed by atoms with Crippen LogP contribution in [0.1, 0.15) is 26.2 Å². The van der Waals surface area contributed by atoms with E-state index in [-0.39, 0.29) is 12.1 Å². The van der Waals surface area contributed by atoms with E-state index in [2.05, 4.69) is 10.3 Å². The molecule has 94 valence electrons. The van der Waals surface area contributed by atoms with Gasteiger partial charge < -0.3 is 20.9 Å². The van der Waals surface area contributed by atoms with Gasteiger partial charge in [0.1, 0.15) is 5.82 Å². The molecule has 1 aromatic rings. The van der Waals surface area contributed by atoms with Crippen molar-refractivity contribution in [3.63, 3.8) is 0 Å². The second kappa shape index (κ2) is 4.79. The molecule has 1 aliphatic carbocycles. The molecule has 0 bridgehead atoms. The van der Waals surface area contributed by atoms with Crippen LogP contribution in [0.5, 0.6) is 5.88 Å². The third kappa shape index (κ3) is 2.44. The van der Waals surface area contributed by atoms with Crippen LogP contribution in [0.2, 0.25) is 0 Å². The SMILES string of the molecule is CCOc1nc(NC2(CO)CCC2)ccc1N. The van der Waals surface area contributed by atoms with Crippen molar-refractivity contribution in [2.24, 2.45) is 0 Å². The van der Waals surface area contributed by atoms with Crippen molar-refractivity contribution in [1.29, 1.82) is 0 Å². The van der Waals surface area contributed by atoms with Gasteiger partial charge in [-0.05, 0) is 38.3 Å². The number of nitrogens with one attached hydrogen (secondary N) is 1. The van der Waals surface area contributed by atoms with E-state index in [1.54, 1.807) is 6.07 Å². The fourth-order valence-corrected chi connectivity index (χ4v) is 1.97. The molecule has 0 aliphatic heterocycles. The van der Waals surface area contributed by atoms with E-state index in [0.717, 1.165) is 19.3 Å². The fourth-order valence-electron chi connectivity index (χ4n) is 1.97. The number of aliphatic hydroxyl groups is 1. The molecular weight excluding hydrogens is 218 g/mol. The van der Waals surface area contributed by atoms with Crippen LogP contribution < -0.4 is 15.8 Å². The number of rotatable bonds is 5. The first-order valence-electron chi connectivity index (χ1n) is 5.97. The first-order valence-corrected chi connectivity index (χ1v) is 5.97. The molecule has 0 spiro atoms. The quantitative estimate of drug-likeness (QED) is 0.721. The molecule has 0 amide bonds. The van der Waals surface area contributed by atoms with Gasteiger partial charge in [-0.1, -0.05) is 0 Å². The number of ether oxygens (including phenoxy) is 1. The van der Waals surface area contributed by atoms with E-state index in [1.807, 2.05) is 13.0 Å². The van der Waals surface area contributed by atoms with Gasteiger partial charge in [0.05, 0.1) is 24.4 Å². The van der Waals surface area contributed by atoms with Crippen LogP contribution in [0, 0.1) is 0 Å². The Balaban J connectivity index is 2.13. The lowest BCUT2D eigenvalue weighted by Crippen LogP contribution is -2.48. The van der Waals surface area contributed by atoms with Crippen molar-refractivity contribution in [3.8, 4) is 5.88 Å². The average Bonchev–Trinajstić information content (AvgIpc) is 2.28. The van der Waals surface area contributed by atoms with Gasteiger partial charge in [0.25, 0.3) is 0 Å². The lowest BCUT2D eigenvalue weighted by atomic mass is 9.77. The molecule has 1 heterocycles. The van der Waals surface area contributed by atoms with Gasteiger partial charge in [-0.15, -0.1) is 0 Å². The normalized spacial score (nSPS) is 17.3. The van der Waals surface area contributed by atoms with Gasteiger partial charge in [-0.25, -0.2) is 0 Å². The summed E-state index contributed by atoms with van der Waals surface area (Å²) in [6, 6.07) is 3.58. The van der Waals surface area contributed by atoms with E-state index in [1.165, 1.54) is 0 Å². The summed E-state index contributed by atoms with van der Waals surface area (Å²) in [5.74, 6) is 1.15. The Morgan fingerprint density at radius 3 is 2.82 bits per heavy atom. The van der Waals surface area contributed by atoms with Gasteiger partial charge in [0.15, 0.2) is 0 Å². The predicted molar refractivity (Wildman–Crippen MR) is 67.1 cm³/mol. The maximum absolute atomic E-state index is 9.38. The molecule has 2 rings (SSSR count). The van der Waals surface area contributed by atoms with Crippen LogP contribution in [-0.2, 0) is 0 Å². The van der Waals surface area contributed by atoms with Crippen LogP contribution >= 0.6 is 0 Å². The monoisotopic (exact) mass is 237 g/mol. The van der Waals surface area contributed by atoms with Crippen LogP contribution in [0.15, 0.2) is 12.1 Å². The van der Waals surface area contributed by atoms with Crippen molar-refractivity contribution < 1.29 is 9.84 Å². The van der Waals surface area contributed by atoms with Crippen molar-refractivity contribution in [2.45, 2.75) is 31.7 Å². The molecule has 4 N–H and O–H groups in total. The second-order valence-corrected chi connectivity index (χ2v) is 4.44. The number of aliphatic hydroxyl groups excluding tert-OH is 1. The third-order valence-electron chi connectivity index (χ3n) is 3.18. The molecule has 0 aromatic carbocycles. The van der Waals surface area contributed by atoms with Crippen LogP contribution in [-0.4, -0.2) is 28.8 Å². The topological polar surface area (TPSA) is 80.4 Å². The summed E-state index contributed by atoms with van der Waals surface area (Å²) in [5.41, 5.74) is 6.08. The Labute approximate surface area is 101 Å². The highest BCUT2D eigenvalue weighted by atomic mass is 16.5. The maximum atomic E-state index is 9.38. The minimum Gasteiger partial charge on any atom is -0.476 e. The van der Waals surface area contributed by atoms with Crippen molar-refractivity contribution >= 4 is 11.5 Å². The van der Waals surface area contributed by atoms with E-state index < -0.39 is 0 Å². The highest BCUT2D eigenvalue weighted by Gasteiger charge is 2.36. The third-order valence-corrected chi connectivity index (χ3v) is 3.18. The van der Waals surface area contributed by atoms with Crippen molar-refractivity contribution in [3.05, 3.63) is 12.1 Å². The molecule has 5 heteroatoms. The molecular formula is C12H19N3O2. The summed E-state index contributed by atoms with van der Waals surface area (Å²) in [6.07, 6.45) is 3.08. The van der Waals surface area contributed by atoms with Crippen LogP contribution in [0.4, 0.5) is 11.5 Å². The highest BCUT2D eigenvalue weighted by molar-refractivity contribution is 5.54. The van der Waals surface area contributed by atoms with Gasteiger partial charge in [0, 0.05) is 0 Å². The second-order valence-electron chi connectivity index (χ2n) is 4.44. The average molecular weight is 237 g/mol. The number of hydrogen-bond acceptors (Lipinski definition) is 5. The van der Waals surface area contributed by atoms with E-state index in [9.17, 15) is 5.11 Å². The molecule has 0 radical (unpaired) electrons. The lowest BCUT2D eigenvalue weighted by Gasteiger charge is -2.41. The summed E-state index contributed by atoms with van der Waals surface area (Å²) in [4.78, 5) is 4.31. The number of hydrogen-bond donors (Lipinski definition) is 3. The van der Waals surface area contributed by atoms with E-state index in [0.29, 0.717) is 24.0 Å². The first kappa shape index (κ1) is 12.0. The molecule has 17 heavy (non-hydrogen) atoms. The Kier molecular flexibility index (Phi) is 3.38. The molecule has 1 aliphatic rings. The molecule has 0 unspecified atom stereocenters. The number of nitrogens with two attached hydrogens (primary N) is 1. The molecule has 5 nitrogen and oxygen atoms in total. The number of nitrogens with zero attached hydrogens (tertiary/aromatic N) is 1. The maximum Gasteiger partial charge on any atom is 0.239 e. The zero-order valence-electron chi connectivity index (χ0n) is 10.1. The van der Waals surface area contributed by atoms with E-state index in [4.69, 9.17) is 10.5 Å². The summed E-state index contributed by atoms with van der Waals surface area (Å²) in [6.45, 7) is 2.55. The van der Waals surface area contributed by atoms with Crippen molar-refractivity contribution in [1.82, 2.24) is 4.98 Å². The highest BCUT2D eigenvalue weighted by Crippen LogP contribution is 2.35. The Bertz CT molecular complexity index is 386. The van der Waals surface area contributed by atoms with Crippen LogP contribution in [0.3, 0.4) is 0 Å². The Hall–Kier alpha value is -1.49. The number of aromatic nitrogens is 1. The van der Waals surface area contributed by atoms with Gasteiger partial charge >= 0.3 is 0 Å². The fraction of sp³-hybridized carbons (Fsp3) is 0.583. The summed E-state index contributed by atoms with van der Waals surface area (Å²) < 4.78 is 5.34.